The molecule has 142 valence electrons. The summed E-state index contributed by atoms with van der Waals surface area (Å²) in [5, 5.41) is 20.3. The van der Waals surface area contributed by atoms with Crippen LogP contribution in [0.25, 0.3) is 11.3 Å². The lowest BCUT2D eigenvalue weighted by Gasteiger charge is -2.31. The van der Waals surface area contributed by atoms with Gasteiger partial charge >= 0.3 is 6.18 Å². The van der Waals surface area contributed by atoms with Crippen LogP contribution in [0, 0.1) is 5.82 Å². The Morgan fingerprint density at radius 3 is 2.08 bits per heavy atom. The fraction of sp³-hybridized carbons (Fsp3) is 0.353. The Morgan fingerprint density at radius 2 is 1.65 bits per heavy atom. The van der Waals surface area contributed by atoms with E-state index in [1.807, 2.05) is 0 Å². The monoisotopic (exact) mass is 392 g/mol. The molecule has 2 aromatic rings. The molecule has 4 nitrogen and oxygen atoms in total. The van der Waals surface area contributed by atoms with Crippen LogP contribution < -0.4 is 5.73 Å². The van der Waals surface area contributed by atoms with Gasteiger partial charge in [0.05, 0.1) is 22.0 Å². The second-order valence-electron chi connectivity index (χ2n) is 6.35. The fourth-order valence-corrected chi connectivity index (χ4v) is 2.79. The largest absolute Gasteiger partial charge is 0.424 e. The zero-order valence-corrected chi connectivity index (χ0v) is 14.7. The van der Waals surface area contributed by atoms with E-state index < -0.39 is 35.4 Å². The average Bonchev–Trinajstić information content (AvgIpc) is 2.53. The van der Waals surface area contributed by atoms with E-state index in [2.05, 4.69) is 4.98 Å². The first-order chi connectivity index (χ1) is 11.8. The quantitative estimate of drug-likeness (QED) is 0.696. The van der Waals surface area contributed by atoms with Gasteiger partial charge in [-0.1, -0.05) is 11.6 Å². The molecule has 0 saturated heterocycles. The van der Waals surface area contributed by atoms with Gasteiger partial charge in [0, 0.05) is 17.7 Å². The van der Waals surface area contributed by atoms with Gasteiger partial charge in [-0.15, -0.1) is 0 Å². The summed E-state index contributed by atoms with van der Waals surface area (Å²) >= 11 is 6.24. The molecule has 0 radical (unpaired) electrons. The van der Waals surface area contributed by atoms with Crippen molar-refractivity contribution in [3.63, 3.8) is 0 Å². The first kappa shape index (κ1) is 20.6. The molecule has 2 rings (SSSR count). The molecule has 0 bridgehead atoms. The molecule has 1 aromatic heterocycles. The van der Waals surface area contributed by atoms with Gasteiger partial charge in [-0.05, 0) is 44.2 Å². The molecule has 0 fully saturated rings. The first-order valence-corrected chi connectivity index (χ1v) is 7.88. The summed E-state index contributed by atoms with van der Waals surface area (Å²) in [4.78, 5) is 3.84. The Balaban J connectivity index is 2.83. The molecule has 0 unspecified atom stereocenters. The van der Waals surface area contributed by atoms with Crippen LogP contribution in [0.4, 0.5) is 17.6 Å². The van der Waals surface area contributed by atoms with Crippen LogP contribution in [0.5, 0.6) is 0 Å². The molecule has 26 heavy (non-hydrogen) atoms. The number of pyridine rings is 1. The van der Waals surface area contributed by atoms with Gasteiger partial charge in [0.25, 0.3) is 0 Å². The summed E-state index contributed by atoms with van der Waals surface area (Å²) in [7, 11) is 0. The number of nitrogens with two attached hydrogens (primary N) is 1. The smallest absolute Gasteiger partial charge is 0.386 e. The molecule has 0 saturated carbocycles. The van der Waals surface area contributed by atoms with Gasteiger partial charge in [0.1, 0.15) is 5.82 Å². The van der Waals surface area contributed by atoms with Crippen molar-refractivity contribution in [1.29, 1.82) is 0 Å². The van der Waals surface area contributed by atoms with Gasteiger partial charge in [0.15, 0.2) is 0 Å². The lowest BCUT2D eigenvalue weighted by molar-refractivity contribution is -0.263. The molecule has 9 heteroatoms. The van der Waals surface area contributed by atoms with E-state index in [-0.39, 0.29) is 21.8 Å². The predicted octanol–water partition coefficient (Wildman–Crippen LogP) is 3.48. The van der Waals surface area contributed by atoms with Crippen molar-refractivity contribution in [3.8, 4) is 11.3 Å². The maximum absolute atomic E-state index is 13.4. The Hall–Kier alpha value is -1.74. The van der Waals surface area contributed by atoms with E-state index in [4.69, 9.17) is 17.3 Å². The molecule has 4 N–H and O–H groups in total. The maximum Gasteiger partial charge on any atom is 0.424 e. The average molecular weight is 393 g/mol. The minimum atomic E-state index is -5.11. The number of rotatable bonds is 4. The van der Waals surface area contributed by atoms with Crippen LogP contribution >= 0.6 is 11.6 Å². The molecule has 1 heterocycles. The summed E-state index contributed by atoms with van der Waals surface area (Å²) < 4.78 is 53.3. The summed E-state index contributed by atoms with van der Waals surface area (Å²) in [6, 6.07) is 5.59. The molecule has 0 aliphatic carbocycles. The number of aromatic nitrogens is 1. The number of halogens is 5. The normalized spacial score (nSPS) is 15.0. The van der Waals surface area contributed by atoms with E-state index in [9.17, 15) is 27.8 Å². The third-order valence-electron chi connectivity index (χ3n) is 3.92. The van der Waals surface area contributed by atoms with Crippen molar-refractivity contribution < 1.29 is 27.8 Å². The maximum atomic E-state index is 13.4. The lowest BCUT2D eigenvalue weighted by Crippen LogP contribution is -2.49. The highest BCUT2D eigenvalue weighted by Crippen LogP contribution is 2.42. The van der Waals surface area contributed by atoms with E-state index in [1.165, 1.54) is 26.0 Å². The highest BCUT2D eigenvalue weighted by atomic mass is 35.5. The van der Waals surface area contributed by atoms with Crippen molar-refractivity contribution in [1.82, 2.24) is 4.98 Å². The highest BCUT2D eigenvalue weighted by molar-refractivity contribution is 6.34. The molecule has 1 atom stereocenters. The zero-order chi connectivity index (χ0) is 19.9. The van der Waals surface area contributed by atoms with Gasteiger partial charge < -0.3 is 15.9 Å². The van der Waals surface area contributed by atoms with Gasteiger partial charge in [-0.3, -0.25) is 0 Å². The summed E-state index contributed by atoms with van der Waals surface area (Å²) in [5.41, 5.74) is -0.720. The third kappa shape index (κ3) is 3.68. The second kappa shape index (κ2) is 6.77. The number of alkyl halides is 3. The van der Waals surface area contributed by atoms with Crippen molar-refractivity contribution in [3.05, 3.63) is 52.4 Å². The standard InChI is InChI=1S/C17H17ClF4N2O2/c1-15(2,25)11-7-12(16(26,8-23)17(20,21)22)24-14(13(11)18)9-3-5-10(19)6-4-9/h3-7,25-26H,8,23H2,1-2H3/t16-/m1/s1. The Kier molecular flexibility index (Phi) is 5.36. The SMILES string of the molecule is CC(C)(O)c1cc([C@](O)(CN)C(F)(F)F)nc(-c2ccc(F)cc2)c1Cl. The Morgan fingerprint density at radius 1 is 1.12 bits per heavy atom. The highest BCUT2D eigenvalue weighted by Gasteiger charge is 2.55. The van der Waals surface area contributed by atoms with Gasteiger partial charge in [0.2, 0.25) is 5.60 Å². The Labute approximate surface area is 152 Å². The number of nitrogens with zero attached hydrogens (tertiary/aromatic N) is 1. The number of aliphatic hydroxyl groups is 2. The minimum Gasteiger partial charge on any atom is -0.386 e. The lowest BCUT2D eigenvalue weighted by atomic mass is 9.90. The minimum absolute atomic E-state index is 0.0837. The van der Waals surface area contributed by atoms with Crippen molar-refractivity contribution in [2.75, 3.05) is 6.54 Å². The van der Waals surface area contributed by atoms with E-state index in [0.29, 0.717) is 0 Å². The fourth-order valence-electron chi connectivity index (χ4n) is 2.35. The second-order valence-corrected chi connectivity index (χ2v) is 6.72. The van der Waals surface area contributed by atoms with Crippen LogP contribution in [0.1, 0.15) is 25.1 Å². The zero-order valence-electron chi connectivity index (χ0n) is 13.9. The first-order valence-electron chi connectivity index (χ1n) is 7.50. The van der Waals surface area contributed by atoms with Crippen LogP contribution in [0.3, 0.4) is 0 Å². The Bertz CT molecular complexity index is 804. The number of hydrogen-bond donors (Lipinski definition) is 3. The van der Waals surface area contributed by atoms with Crippen molar-refractivity contribution in [2.24, 2.45) is 5.73 Å². The molecule has 0 amide bonds. The molecular weight excluding hydrogens is 376 g/mol. The third-order valence-corrected chi connectivity index (χ3v) is 4.31. The van der Waals surface area contributed by atoms with Crippen LogP contribution in [0.2, 0.25) is 5.02 Å². The van der Waals surface area contributed by atoms with Gasteiger partial charge in [-0.2, -0.15) is 13.2 Å². The molecule has 0 spiro atoms. The summed E-state index contributed by atoms with van der Waals surface area (Å²) in [6.07, 6.45) is -5.11. The van der Waals surface area contributed by atoms with E-state index in [0.717, 1.165) is 18.2 Å². The van der Waals surface area contributed by atoms with Crippen LogP contribution in [0.15, 0.2) is 30.3 Å². The molecular formula is C17H17ClF4N2O2. The van der Waals surface area contributed by atoms with E-state index >= 15 is 0 Å². The van der Waals surface area contributed by atoms with Crippen molar-refractivity contribution >= 4 is 11.6 Å². The van der Waals surface area contributed by atoms with Crippen molar-refractivity contribution in [2.45, 2.75) is 31.2 Å². The molecule has 1 aromatic carbocycles. The molecule has 0 aliphatic rings. The van der Waals surface area contributed by atoms with Crippen LogP contribution in [-0.2, 0) is 11.2 Å². The molecule has 0 aliphatic heterocycles. The van der Waals surface area contributed by atoms with E-state index in [1.54, 1.807) is 0 Å². The van der Waals surface area contributed by atoms with Crippen LogP contribution in [-0.4, -0.2) is 27.9 Å². The predicted molar refractivity (Wildman–Crippen MR) is 88.9 cm³/mol. The topological polar surface area (TPSA) is 79.4 Å². The number of hydrogen-bond acceptors (Lipinski definition) is 4. The summed E-state index contributed by atoms with van der Waals surface area (Å²) in [6.45, 7) is 1.46. The summed E-state index contributed by atoms with van der Waals surface area (Å²) in [5.74, 6) is -0.558. The van der Waals surface area contributed by atoms with Gasteiger partial charge in [-0.25, -0.2) is 9.37 Å². The number of benzene rings is 1.